The van der Waals surface area contributed by atoms with Crippen molar-refractivity contribution in [1.82, 2.24) is 0 Å². The van der Waals surface area contributed by atoms with Gasteiger partial charge in [-0.25, -0.2) is 0 Å². The third kappa shape index (κ3) is 5.29. The van der Waals surface area contributed by atoms with Crippen LogP contribution in [0.2, 0.25) is 0 Å². The van der Waals surface area contributed by atoms with Crippen LogP contribution >= 0.6 is 11.3 Å². The van der Waals surface area contributed by atoms with Gasteiger partial charge in [-0.3, -0.25) is 0 Å². The number of benzene rings is 9. The zero-order valence-electron chi connectivity index (χ0n) is 31.2. The summed E-state index contributed by atoms with van der Waals surface area (Å²) in [4.78, 5) is 2.52. The molecule has 1 aliphatic rings. The van der Waals surface area contributed by atoms with Gasteiger partial charge in [-0.05, 0) is 86.5 Å². The summed E-state index contributed by atoms with van der Waals surface area (Å²) in [6.07, 6.45) is 0. The first-order valence-electron chi connectivity index (χ1n) is 19.6. The number of fused-ring (bicyclic) bond motifs is 6. The van der Waals surface area contributed by atoms with Crippen molar-refractivity contribution in [2.75, 3.05) is 4.90 Å². The Labute approximate surface area is 337 Å². The smallest absolute Gasteiger partial charge is 0.0714 e. The van der Waals surface area contributed by atoms with E-state index in [1.54, 1.807) is 0 Å². The lowest BCUT2D eigenvalue weighted by atomic mass is 9.67. The average molecular weight is 744 g/mol. The summed E-state index contributed by atoms with van der Waals surface area (Å²) in [5, 5.41) is 2.57. The van der Waals surface area contributed by atoms with Gasteiger partial charge in [0.15, 0.2) is 0 Å². The highest BCUT2D eigenvalue weighted by Crippen LogP contribution is 2.58. The Morgan fingerprint density at radius 1 is 0.351 bits per heavy atom. The van der Waals surface area contributed by atoms with Gasteiger partial charge in [-0.2, -0.15) is 0 Å². The van der Waals surface area contributed by atoms with Crippen LogP contribution in [0.25, 0.3) is 53.6 Å². The number of para-hydroxylation sites is 1. The molecule has 0 radical (unpaired) electrons. The molecule has 9 aromatic carbocycles. The van der Waals surface area contributed by atoms with Crippen molar-refractivity contribution < 1.29 is 0 Å². The predicted octanol–water partition coefficient (Wildman–Crippen LogP) is 15.2. The standard InChI is InChI=1S/C55H37NS/c1-4-18-38(19-5-1)39-20-16-21-40(36-39)44-26-11-14-31-51(44)56(52-32-17-29-48-47-28-12-15-33-53(47)57-54(48)52)43-34-35-46-45-27-10-13-30-49(45)55(50(46)37-43,41-22-6-2-7-23-41)42-24-8-3-9-25-42/h1-37H. The molecule has 0 N–H and O–H groups in total. The maximum atomic E-state index is 2.52. The van der Waals surface area contributed by atoms with E-state index in [-0.39, 0.29) is 0 Å². The van der Waals surface area contributed by atoms with E-state index in [1.807, 2.05) is 11.3 Å². The predicted molar refractivity (Wildman–Crippen MR) is 242 cm³/mol. The lowest BCUT2D eigenvalue weighted by molar-refractivity contribution is 0.768. The van der Waals surface area contributed by atoms with E-state index in [9.17, 15) is 0 Å². The van der Waals surface area contributed by atoms with E-state index >= 15 is 0 Å². The fraction of sp³-hybridized carbons (Fsp3) is 0.0182. The Morgan fingerprint density at radius 3 is 1.70 bits per heavy atom. The highest BCUT2D eigenvalue weighted by atomic mass is 32.1. The molecule has 0 saturated carbocycles. The molecule has 0 aliphatic heterocycles. The lowest BCUT2D eigenvalue weighted by Crippen LogP contribution is -2.28. The molecular weight excluding hydrogens is 707 g/mol. The van der Waals surface area contributed by atoms with Crippen LogP contribution in [0.15, 0.2) is 224 Å². The molecule has 0 atom stereocenters. The number of rotatable bonds is 7. The topological polar surface area (TPSA) is 3.24 Å². The maximum absolute atomic E-state index is 2.52. The second-order valence-corrected chi connectivity index (χ2v) is 15.9. The molecule has 0 amide bonds. The number of anilines is 3. The molecule has 10 aromatic rings. The lowest BCUT2D eigenvalue weighted by Gasteiger charge is -2.35. The van der Waals surface area contributed by atoms with Crippen LogP contribution in [-0.4, -0.2) is 0 Å². The number of hydrogen-bond donors (Lipinski definition) is 0. The summed E-state index contributed by atoms with van der Waals surface area (Å²) in [6, 6.07) is 82.6. The second kappa shape index (κ2) is 13.6. The summed E-state index contributed by atoms with van der Waals surface area (Å²) < 4.78 is 2.56. The van der Waals surface area contributed by atoms with Crippen LogP contribution in [0.1, 0.15) is 22.3 Å². The van der Waals surface area contributed by atoms with Crippen LogP contribution in [-0.2, 0) is 5.41 Å². The van der Waals surface area contributed by atoms with Crippen LogP contribution < -0.4 is 4.90 Å². The van der Waals surface area contributed by atoms with Crippen molar-refractivity contribution in [3.8, 4) is 33.4 Å². The van der Waals surface area contributed by atoms with Crippen LogP contribution in [0.5, 0.6) is 0 Å². The van der Waals surface area contributed by atoms with Gasteiger partial charge in [-0.15, -0.1) is 11.3 Å². The Morgan fingerprint density at radius 2 is 0.912 bits per heavy atom. The van der Waals surface area contributed by atoms with Crippen molar-refractivity contribution in [2.45, 2.75) is 5.41 Å². The second-order valence-electron chi connectivity index (χ2n) is 14.8. The molecule has 1 nitrogen and oxygen atoms in total. The normalized spacial score (nSPS) is 12.7. The van der Waals surface area contributed by atoms with E-state index < -0.39 is 5.41 Å². The van der Waals surface area contributed by atoms with Crippen molar-refractivity contribution >= 4 is 48.6 Å². The summed E-state index contributed by atoms with van der Waals surface area (Å²) >= 11 is 1.87. The molecular formula is C55H37NS. The summed E-state index contributed by atoms with van der Waals surface area (Å²) in [5.41, 5.74) is 15.3. The molecule has 1 aliphatic carbocycles. The van der Waals surface area contributed by atoms with E-state index in [1.165, 1.54) is 81.5 Å². The first kappa shape index (κ1) is 33.3. The number of hydrogen-bond acceptors (Lipinski definition) is 2. The highest BCUT2D eigenvalue weighted by molar-refractivity contribution is 7.26. The molecule has 0 bridgehead atoms. The molecule has 1 heterocycles. The minimum atomic E-state index is -0.511. The quantitative estimate of drug-likeness (QED) is 0.157. The largest absolute Gasteiger partial charge is 0.308 e. The number of thiophene rings is 1. The van der Waals surface area contributed by atoms with E-state index in [0.29, 0.717) is 0 Å². The first-order chi connectivity index (χ1) is 28.3. The van der Waals surface area contributed by atoms with Crippen molar-refractivity contribution in [1.29, 1.82) is 0 Å². The molecule has 0 fully saturated rings. The maximum Gasteiger partial charge on any atom is 0.0714 e. The Hall–Kier alpha value is -7.00. The minimum absolute atomic E-state index is 0.511. The zero-order valence-corrected chi connectivity index (χ0v) is 32.0. The van der Waals surface area contributed by atoms with Crippen LogP contribution in [0.3, 0.4) is 0 Å². The van der Waals surface area contributed by atoms with E-state index in [2.05, 4.69) is 229 Å². The molecule has 57 heavy (non-hydrogen) atoms. The average Bonchev–Trinajstić information content (AvgIpc) is 3.82. The van der Waals surface area contributed by atoms with E-state index in [0.717, 1.165) is 11.4 Å². The van der Waals surface area contributed by atoms with Crippen molar-refractivity contribution in [2.24, 2.45) is 0 Å². The Bertz CT molecular complexity index is 3030. The molecule has 11 rings (SSSR count). The Kier molecular flexibility index (Phi) is 7.98. The van der Waals surface area contributed by atoms with Gasteiger partial charge in [0, 0.05) is 26.7 Å². The SMILES string of the molecule is c1ccc(-c2cccc(-c3ccccc3N(c3ccc4c(c3)C(c3ccccc3)(c3ccccc3)c3ccccc3-4)c3cccc4c3sc3ccccc34)c2)cc1. The van der Waals surface area contributed by atoms with Gasteiger partial charge >= 0.3 is 0 Å². The van der Waals surface area contributed by atoms with Crippen molar-refractivity contribution in [3.63, 3.8) is 0 Å². The monoisotopic (exact) mass is 743 g/mol. The van der Waals surface area contributed by atoms with Gasteiger partial charge in [0.1, 0.15) is 0 Å². The number of nitrogens with zero attached hydrogens (tertiary/aromatic N) is 1. The summed E-state index contributed by atoms with van der Waals surface area (Å²) in [7, 11) is 0. The van der Waals surface area contributed by atoms with Crippen molar-refractivity contribution in [3.05, 3.63) is 247 Å². The molecule has 2 heteroatoms. The minimum Gasteiger partial charge on any atom is -0.308 e. The molecule has 0 unspecified atom stereocenters. The fourth-order valence-corrected chi connectivity index (χ4v) is 10.5. The Balaban J connectivity index is 1.21. The van der Waals surface area contributed by atoms with Crippen LogP contribution in [0, 0.1) is 0 Å². The zero-order chi connectivity index (χ0) is 37.8. The fourth-order valence-electron chi connectivity index (χ4n) is 9.30. The van der Waals surface area contributed by atoms with Gasteiger partial charge in [-0.1, -0.05) is 188 Å². The van der Waals surface area contributed by atoms with Gasteiger partial charge in [0.05, 0.1) is 21.5 Å². The molecule has 1 aromatic heterocycles. The third-order valence-electron chi connectivity index (χ3n) is 11.8. The molecule has 0 saturated heterocycles. The van der Waals surface area contributed by atoms with Gasteiger partial charge < -0.3 is 4.90 Å². The summed E-state index contributed by atoms with van der Waals surface area (Å²) in [6.45, 7) is 0. The molecule has 0 spiro atoms. The van der Waals surface area contributed by atoms with Gasteiger partial charge in [0.25, 0.3) is 0 Å². The summed E-state index contributed by atoms with van der Waals surface area (Å²) in [5.74, 6) is 0. The first-order valence-corrected chi connectivity index (χ1v) is 20.4. The van der Waals surface area contributed by atoms with E-state index in [4.69, 9.17) is 0 Å². The molecule has 268 valence electrons. The van der Waals surface area contributed by atoms with Gasteiger partial charge in [0.2, 0.25) is 0 Å². The highest BCUT2D eigenvalue weighted by Gasteiger charge is 2.46. The third-order valence-corrected chi connectivity index (χ3v) is 13.0. The van der Waals surface area contributed by atoms with Crippen LogP contribution in [0.4, 0.5) is 17.1 Å².